The number of benzene rings is 1. The average Bonchev–Trinajstić information content (AvgIpc) is 3.39. The summed E-state index contributed by atoms with van der Waals surface area (Å²) in [4.78, 5) is 24.1. The van der Waals surface area contributed by atoms with Gasteiger partial charge in [0, 0.05) is 11.6 Å². The zero-order valence-electron chi connectivity index (χ0n) is 13.9. The number of rotatable bonds is 6. The van der Waals surface area contributed by atoms with Crippen molar-refractivity contribution < 1.29 is 9.59 Å². The summed E-state index contributed by atoms with van der Waals surface area (Å²) in [7, 11) is 0. The molecule has 0 saturated heterocycles. The Hall–Kier alpha value is -3.14. The first kappa shape index (κ1) is 16.7. The molecule has 1 aromatic carbocycles. The monoisotopic (exact) mass is 337 g/mol. The molecule has 0 aliphatic heterocycles. The van der Waals surface area contributed by atoms with Gasteiger partial charge in [0.25, 0.3) is 5.91 Å². The standard InChI is InChI=1S/C18H19N5O2/c1-12(14-6-7-14)23-16(8-9-21-23)22-17(24)11-20-18(25)15-4-2-13(10-19)3-5-15/h2-5,8-9,12,14H,6-7,11H2,1H3,(H,20,25)(H,22,24)/t12-/m1/s1. The van der Waals surface area contributed by atoms with Crippen LogP contribution in [0.15, 0.2) is 36.5 Å². The van der Waals surface area contributed by atoms with Crippen LogP contribution in [0.1, 0.15) is 41.7 Å². The van der Waals surface area contributed by atoms with Crippen LogP contribution in [0.3, 0.4) is 0 Å². The van der Waals surface area contributed by atoms with Crippen LogP contribution in [0.25, 0.3) is 0 Å². The molecule has 1 atom stereocenters. The Kier molecular flexibility index (Phi) is 4.80. The third kappa shape index (κ3) is 4.04. The molecule has 1 aromatic heterocycles. The lowest BCUT2D eigenvalue weighted by Crippen LogP contribution is -2.33. The highest BCUT2D eigenvalue weighted by molar-refractivity contribution is 5.99. The fourth-order valence-corrected chi connectivity index (χ4v) is 2.66. The number of hydrogen-bond donors (Lipinski definition) is 2. The molecule has 1 heterocycles. The summed E-state index contributed by atoms with van der Waals surface area (Å²) in [5, 5.41) is 18.4. The molecular weight excluding hydrogens is 318 g/mol. The Morgan fingerprint density at radius 2 is 2.04 bits per heavy atom. The molecule has 128 valence electrons. The van der Waals surface area contributed by atoms with Gasteiger partial charge in [0.05, 0.1) is 30.4 Å². The lowest BCUT2D eigenvalue weighted by Gasteiger charge is -2.15. The Morgan fingerprint density at radius 3 is 2.68 bits per heavy atom. The number of hydrogen-bond acceptors (Lipinski definition) is 4. The van der Waals surface area contributed by atoms with Crippen molar-refractivity contribution in [3.8, 4) is 6.07 Å². The van der Waals surface area contributed by atoms with Crippen molar-refractivity contribution in [1.29, 1.82) is 5.26 Å². The molecule has 7 heteroatoms. The van der Waals surface area contributed by atoms with Crippen molar-refractivity contribution in [2.75, 3.05) is 11.9 Å². The van der Waals surface area contributed by atoms with Crippen molar-refractivity contribution in [3.63, 3.8) is 0 Å². The summed E-state index contributed by atoms with van der Waals surface area (Å²) in [6, 6.07) is 10.2. The summed E-state index contributed by atoms with van der Waals surface area (Å²) < 4.78 is 1.82. The number of nitrogens with zero attached hydrogens (tertiary/aromatic N) is 3. The molecule has 25 heavy (non-hydrogen) atoms. The Morgan fingerprint density at radius 1 is 1.32 bits per heavy atom. The summed E-state index contributed by atoms with van der Waals surface area (Å²) >= 11 is 0. The minimum atomic E-state index is -0.362. The third-order valence-corrected chi connectivity index (χ3v) is 4.31. The molecule has 1 aliphatic carbocycles. The Bertz CT molecular complexity index is 815. The molecule has 0 radical (unpaired) electrons. The van der Waals surface area contributed by atoms with Gasteiger partial charge in [-0.25, -0.2) is 4.68 Å². The number of anilines is 1. The summed E-state index contributed by atoms with van der Waals surface area (Å²) in [5.74, 6) is 0.579. The molecular formula is C18H19N5O2. The number of carbonyl (C=O) groups is 2. The van der Waals surface area contributed by atoms with E-state index in [0.717, 1.165) is 0 Å². The predicted octanol–water partition coefficient (Wildman–Crippen LogP) is 2.09. The van der Waals surface area contributed by atoms with Crippen molar-refractivity contribution in [3.05, 3.63) is 47.7 Å². The van der Waals surface area contributed by atoms with Gasteiger partial charge in [0.2, 0.25) is 5.91 Å². The van der Waals surface area contributed by atoms with Crippen LogP contribution in [0.2, 0.25) is 0 Å². The topological polar surface area (TPSA) is 99.8 Å². The number of nitriles is 1. The quantitative estimate of drug-likeness (QED) is 0.843. The van der Waals surface area contributed by atoms with Crippen molar-refractivity contribution in [2.24, 2.45) is 5.92 Å². The van der Waals surface area contributed by atoms with Gasteiger partial charge >= 0.3 is 0 Å². The second-order valence-electron chi connectivity index (χ2n) is 6.16. The third-order valence-electron chi connectivity index (χ3n) is 4.31. The molecule has 2 amide bonds. The molecule has 1 aliphatic rings. The van der Waals surface area contributed by atoms with Gasteiger partial charge in [-0.3, -0.25) is 9.59 Å². The van der Waals surface area contributed by atoms with Crippen LogP contribution in [-0.4, -0.2) is 28.1 Å². The average molecular weight is 337 g/mol. The fraction of sp³-hybridized carbons (Fsp3) is 0.333. The lowest BCUT2D eigenvalue weighted by atomic mass is 10.1. The van der Waals surface area contributed by atoms with Gasteiger partial charge in [-0.15, -0.1) is 0 Å². The summed E-state index contributed by atoms with van der Waals surface area (Å²) in [5.41, 5.74) is 0.881. The van der Waals surface area contributed by atoms with E-state index in [2.05, 4.69) is 22.7 Å². The summed E-state index contributed by atoms with van der Waals surface area (Å²) in [6.07, 6.45) is 4.04. The van der Waals surface area contributed by atoms with Gasteiger partial charge in [-0.1, -0.05) is 0 Å². The second-order valence-corrected chi connectivity index (χ2v) is 6.16. The van der Waals surface area contributed by atoms with Crippen LogP contribution in [0, 0.1) is 17.2 Å². The minimum Gasteiger partial charge on any atom is -0.343 e. The molecule has 3 rings (SSSR count). The van der Waals surface area contributed by atoms with Crippen LogP contribution >= 0.6 is 0 Å². The van der Waals surface area contributed by atoms with Gasteiger partial charge in [-0.05, 0) is 49.9 Å². The van der Waals surface area contributed by atoms with E-state index in [1.165, 1.54) is 12.8 Å². The molecule has 1 fully saturated rings. The van der Waals surface area contributed by atoms with Crippen molar-refractivity contribution >= 4 is 17.6 Å². The van der Waals surface area contributed by atoms with Gasteiger partial charge in [0.15, 0.2) is 0 Å². The molecule has 0 unspecified atom stereocenters. The van der Waals surface area contributed by atoms with E-state index in [0.29, 0.717) is 22.9 Å². The number of amides is 2. The lowest BCUT2D eigenvalue weighted by molar-refractivity contribution is -0.115. The van der Waals surface area contributed by atoms with E-state index in [1.54, 1.807) is 36.5 Å². The van der Waals surface area contributed by atoms with E-state index < -0.39 is 0 Å². The smallest absolute Gasteiger partial charge is 0.251 e. The normalized spacial score (nSPS) is 14.4. The van der Waals surface area contributed by atoms with Crippen LogP contribution in [0.5, 0.6) is 0 Å². The molecule has 1 saturated carbocycles. The van der Waals surface area contributed by atoms with Gasteiger partial charge in [0.1, 0.15) is 5.82 Å². The number of aromatic nitrogens is 2. The van der Waals surface area contributed by atoms with Crippen LogP contribution in [0.4, 0.5) is 5.82 Å². The first-order valence-corrected chi connectivity index (χ1v) is 8.20. The van der Waals surface area contributed by atoms with E-state index in [4.69, 9.17) is 5.26 Å². The van der Waals surface area contributed by atoms with Crippen molar-refractivity contribution in [1.82, 2.24) is 15.1 Å². The maximum atomic E-state index is 12.1. The highest BCUT2D eigenvalue weighted by Crippen LogP contribution is 2.40. The fourth-order valence-electron chi connectivity index (χ4n) is 2.66. The second kappa shape index (κ2) is 7.18. The Balaban J connectivity index is 1.53. The zero-order chi connectivity index (χ0) is 17.8. The molecule has 0 bridgehead atoms. The number of carbonyl (C=O) groups excluding carboxylic acids is 2. The molecule has 0 spiro atoms. The van der Waals surface area contributed by atoms with Gasteiger partial charge in [-0.2, -0.15) is 10.4 Å². The van der Waals surface area contributed by atoms with E-state index in [-0.39, 0.29) is 24.4 Å². The molecule has 2 aromatic rings. The highest BCUT2D eigenvalue weighted by atomic mass is 16.2. The van der Waals surface area contributed by atoms with E-state index in [9.17, 15) is 9.59 Å². The zero-order valence-corrected chi connectivity index (χ0v) is 13.9. The minimum absolute atomic E-state index is 0.137. The van der Waals surface area contributed by atoms with E-state index in [1.807, 2.05) is 10.8 Å². The highest BCUT2D eigenvalue weighted by Gasteiger charge is 2.30. The largest absolute Gasteiger partial charge is 0.343 e. The van der Waals surface area contributed by atoms with Crippen LogP contribution in [-0.2, 0) is 4.79 Å². The van der Waals surface area contributed by atoms with Crippen molar-refractivity contribution in [2.45, 2.75) is 25.8 Å². The number of nitrogens with one attached hydrogen (secondary N) is 2. The summed E-state index contributed by atoms with van der Waals surface area (Å²) in [6.45, 7) is 1.95. The predicted molar refractivity (Wildman–Crippen MR) is 91.8 cm³/mol. The molecule has 7 nitrogen and oxygen atoms in total. The maximum absolute atomic E-state index is 12.1. The first-order chi connectivity index (χ1) is 12.1. The van der Waals surface area contributed by atoms with Gasteiger partial charge < -0.3 is 10.6 Å². The first-order valence-electron chi connectivity index (χ1n) is 8.20. The Labute approximate surface area is 145 Å². The van der Waals surface area contributed by atoms with E-state index >= 15 is 0 Å². The van der Waals surface area contributed by atoms with Crippen LogP contribution < -0.4 is 10.6 Å². The molecule has 2 N–H and O–H groups in total. The SMILES string of the molecule is C[C@H](C1CC1)n1nccc1NC(=O)CNC(=O)c1ccc(C#N)cc1. The maximum Gasteiger partial charge on any atom is 0.251 e.